The summed E-state index contributed by atoms with van der Waals surface area (Å²) in [6, 6.07) is 16.2. The van der Waals surface area contributed by atoms with Crippen molar-refractivity contribution in [2.24, 2.45) is 0 Å². The first-order valence-corrected chi connectivity index (χ1v) is 7.66. The van der Waals surface area contributed by atoms with Crippen LogP contribution in [-0.2, 0) is 6.54 Å². The zero-order chi connectivity index (χ0) is 16.1. The molecule has 0 saturated carbocycles. The van der Waals surface area contributed by atoms with E-state index in [9.17, 15) is 4.79 Å². The molecular weight excluding hydrogens is 272 g/mol. The van der Waals surface area contributed by atoms with E-state index in [2.05, 4.69) is 18.3 Å². The molecule has 22 heavy (non-hydrogen) atoms. The van der Waals surface area contributed by atoms with Crippen LogP contribution in [0.4, 0.5) is 10.5 Å². The van der Waals surface area contributed by atoms with Gasteiger partial charge in [0.05, 0.1) is 0 Å². The Labute approximate surface area is 133 Å². The van der Waals surface area contributed by atoms with Gasteiger partial charge >= 0.3 is 6.03 Å². The molecule has 1 N–H and O–H groups in total. The standard InChI is InChI=1S/C19H24N2O/c1-14(2)21(13-17-8-6-5-7-9-17)19(22)20-18-11-10-15(3)12-16(18)4/h5-12,14H,13H2,1-4H3,(H,20,22). The Hall–Kier alpha value is -2.29. The molecule has 0 spiro atoms. The Kier molecular flexibility index (Phi) is 5.21. The van der Waals surface area contributed by atoms with E-state index < -0.39 is 0 Å². The summed E-state index contributed by atoms with van der Waals surface area (Å²) in [5, 5.41) is 3.03. The number of nitrogens with zero attached hydrogens (tertiary/aromatic N) is 1. The van der Waals surface area contributed by atoms with Crippen molar-refractivity contribution in [1.82, 2.24) is 4.90 Å². The molecule has 3 heteroatoms. The van der Waals surface area contributed by atoms with Gasteiger partial charge in [-0.05, 0) is 44.9 Å². The predicted molar refractivity (Wildman–Crippen MR) is 92.1 cm³/mol. The maximum Gasteiger partial charge on any atom is 0.322 e. The van der Waals surface area contributed by atoms with Gasteiger partial charge in [-0.25, -0.2) is 4.79 Å². The van der Waals surface area contributed by atoms with E-state index >= 15 is 0 Å². The smallest absolute Gasteiger partial charge is 0.318 e. The molecule has 0 aliphatic heterocycles. The second-order valence-electron chi connectivity index (χ2n) is 5.96. The number of benzene rings is 2. The SMILES string of the molecule is Cc1ccc(NC(=O)N(Cc2ccccc2)C(C)C)c(C)c1. The van der Waals surface area contributed by atoms with E-state index in [1.165, 1.54) is 5.56 Å². The van der Waals surface area contributed by atoms with Gasteiger partial charge in [0.2, 0.25) is 0 Å². The number of aryl methyl sites for hydroxylation is 2. The van der Waals surface area contributed by atoms with Crippen molar-refractivity contribution >= 4 is 11.7 Å². The Morgan fingerprint density at radius 3 is 2.36 bits per heavy atom. The molecule has 2 amide bonds. The number of hydrogen-bond acceptors (Lipinski definition) is 1. The maximum absolute atomic E-state index is 12.6. The number of amides is 2. The van der Waals surface area contributed by atoms with Crippen LogP contribution in [0.25, 0.3) is 0 Å². The zero-order valence-electron chi connectivity index (χ0n) is 13.8. The lowest BCUT2D eigenvalue weighted by molar-refractivity contribution is 0.193. The normalized spacial score (nSPS) is 10.6. The summed E-state index contributed by atoms with van der Waals surface area (Å²) in [7, 11) is 0. The molecule has 0 aromatic heterocycles. The average Bonchev–Trinajstić information content (AvgIpc) is 2.48. The van der Waals surface area contributed by atoms with Gasteiger partial charge in [-0.1, -0.05) is 48.0 Å². The van der Waals surface area contributed by atoms with Crippen LogP contribution < -0.4 is 5.32 Å². The van der Waals surface area contributed by atoms with E-state index in [1.807, 2.05) is 68.1 Å². The molecule has 0 saturated heterocycles. The first-order valence-electron chi connectivity index (χ1n) is 7.66. The van der Waals surface area contributed by atoms with Gasteiger partial charge in [0.1, 0.15) is 0 Å². The molecular formula is C19H24N2O. The lowest BCUT2D eigenvalue weighted by Gasteiger charge is -2.27. The Bertz CT molecular complexity index is 635. The van der Waals surface area contributed by atoms with E-state index in [0.717, 1.165) is 16.8 Å². The fraction of sp³-hybridized carbons (Fsp3) is 0.316. The number of carbonyl (C=O) groups is 1. The third kappa shape index (κ3) is 4.10. The van der Waals surface area contributed by atoms with Crippen molar-refractivity contribution in [3.63, 3.8) is 0 Å². The van der Waals surface area contributed by atoms with Gasteiger partial charge in [0.25, 0.3) is 0 Å². The molecule has 0 heterocycles. The first-order chi connectivity index (χ1) is 10.5. The quantitative estimate of drug-likeness (QED) is 0.868. The highest BCUT2D eigenvalue weighted by molar-refractivity contribution is 5.90. The van der Waals surface area contributed by atoms with Crippen LogP contribution in [0, 0.1) is 13.8 Å². The highest BCUT2D eigenvalue weighted by Crippen LogP contribution is 2.18. The second-order valence-corrected chi connectivity index (χ2v) is 5.96. The van der Waals surface area contributed by atoms with Crippen molar-refractivity contribution in [2.75, 3.05) is 5.32 Å². The minimum absolute atomic E-state index is 0.0641. The summed E-state index contributed by atoms with van der Waals surface area (Å²) in [4.78, 5) is 14.5. The fourth-order valence-electron chi connectivity index (χ4n) is 2.41. The largest absolute Gasteiger partial charge is 0.322 e. The predicted octanol–water partition coefficient (Wildman–Crippen LogP) is 4.75. The minimum atomic E-state index is -0.0641. The average molecular weight is 296 g/mol. The maximum atomic E-state index is 12.6. The lowest BCUT2D eigenvalue weighted by atomic mass is 10.1. The molecule has 116 valence electrons. The van der Waals surface area contributed by atoms with Crippen LogP contribution in [0.3, 0.4) is 0 Å². The van der Waals surface area contributed by atoms with Gasteiger partial charge < -0.3 is 10.2 Å². The van der Waals surface area contributed by atoms with E-state index in [0.29, 0.717) is 6.54 Å². The third-order valence-electron chi connectivity index (χ3n) is 3.70. The minimum Gasteiger partial charge on any atom is -0.318 e. The van der Waals surface area contributed by atoms with Crippen molar-refractivity contribution in [3.05, 3.63) is 65.2 Å². The third-order valence-corrected chi connectivity index (χ3v) is 3.70. The highest BCUT2D eigenvalue weighted by Gasteiger charge is 2.18. The summed E-state index contributed by atoms with van der Waals surface area (Å²) in [6.45, 7) is 8.73. The van der Waals surface area contributed by atoms with Crippen molar-refractivity contribution in [1.29, 1.82) is 0 Å². The molecule has 0 unspecified atom stereocenters. The van der Waals surface area contributed by atoms with Crippen LogP contribution in [0.5, 0.6) is 0 Å². The summed E-state index contributed by atoms with van der Waals surface area (Å²) >= 11 is 0. The molecule has 0 aliphatic carbocycles. The number of nitrogens with one attached hydrogen (secondary N) is 1. The lowest BCUT2D eigenvalue weighted by Crippen LogP contribution is -2.39. The van der Waals surface area contributed by atoms with Crippen LogP contribution in [-0.4, -0.2) is 17.0 Å². The van der Waals surface area contributed by atoms with Gasteiger partial charge in [0.15, 0.2) is 0 Å². The summed E-state index contributed by atoms with van der Waals surface area (Å²) in [5.74, 6) is 0. The number of hydrogen-bond donors (Lipinski definition) is 1. The first kappa shape index (κ1) is 16.1. The number of carbonyl (C=O) groups excluding carboxylic acids is 1. The zero-order valence-corrected chi connectivity index (χ0v) is 13.8. The Balaban J connectivity index is 2.13. The van der Waals surface area contributed by atoms with E-state index in [-0.39, 0.29) is 12.1 Å². The Morgan fingerprint density at radius 1 is 1.09 bits per heavy atom. The second kappa shape index (κ2) is 7.12. The monoisotopic (exact) mass is 296 g/mol. The highest BCUT2D eigenvalue weighted by atomic mass is 16.2. The van der Waals surface area contributed by atoms with Gasteiger partial charge in [-0.2, -0.15) is 0 Å². The number of urea groups is 1. The van der Waals surface area contributed by atoms with Gasteiger partial charge in [-0.15, -0.1) is 0 Å². The molecule has 0 radical (unpaired) electrons. The molecule has 3 nitrogen and oxygen atoms in total. The summed E-state index contributed by atoms with van der Waals surface area (Å²) in [5.41, 5.74) is 4.28. The molecule has 0 atom stereocenters. The molecule has 0 fully saturated rings. The number of rotatable bonds is 4. The van der Waals surface area contributed by atoms with Crippen LogP contribution in [0.2, 0.25) is 0 Å². The summed E-state index contributed by atoms with van der Waals surface area (Å²) < 4.78 is 0. The van der Waals surface area contributed by atoms with Crippen molar-refractivity contribution < 1.29 is 4.79 Å². The fourth-order valence-corrected chi connectivity index (χ4v) is 2.41. The molecule has 0 aliphatic rings. The topological polar surface area (TPSA) is 32.3 Å². The van der Waals surface area contributed by atoms with Crippen LogP contribution >= 0.6 is 0 Å². The van der Waals surface area contributed by atoms with Crippen LogP contribution in [0.1, 0.15) is 30.5 Å². The molecule has 0 bridgehead atoms. The van der Waals surface area contributed by atoms with Gasteiger partial charge in [-0.3, -0.25) is 0 Å². The summed E-state index contributed by atoms with van der Waals surface area (Å²) in [6.07, 6.45) is 0. The molecule has 2 aromatic carbocycles. The van der Waals surface area contributed by atoms with Gasteiger partial charge in [0, 0.05) is 18.3 Å². The number of anilines is 1. The van der Waals surface area contributed by atoms with Crippen molar-refractivity contribution in [3.8, 4) is 0 Å². The molecule has 2 rings (SSSR count). The van der Waals surface area contributed by atoms with E-state index in [4.69, 9.17) is 0 Å². The van der Waals surface area contributed by atoms with Crippen molar-refractivity contribution in [2.45, 2.75) is 40.3 Å². The van der Waals surface area contributed by atoms with Crippen LogP contribution in [0.15, 0.2) is 48.5 Å². The Morgan fingerprint density at radius 2 is 1.77 bits per heavy atom. The molecule has 2 aromatic rings. The van der Waals surface area contributed by atoms with E-state index in [1.54, 1.807) is 0 Å².